The molecule has 6 heteroatoms. The van der Waals surface area contributed by atoms with E-state index in [1.54, 1.807) is 11.8 Å². The molecule has 0 fully saturated rings. The molecular formula is C10H12F3NS2. The van der Waals surface area contributed by atoms with E-state index in [2.05, 4.69) is 5.32 Å². The van der Waals surface area contributed by atoms with Crippen LogP contribution < -0.4 is 5.32 Å². The molecule has 90 valence electrons. The van der Waals surface area contributed by atoms with E-state index in [1.165, 1.54) is 0 Å². The van der Waals surface area contributed by atoms with Gasteiger partial charge in [-0.1, -0.05) is 0 Å². The van der Waals surface area contributed by atoms with E-state index >= 15 is 0 Å². The van der Waals surface area contributed by atoms with Crippen LogP contribution in [0.3, 0.4) is 0 Å². The fourth-order valence-corrected chi connectivity index (χ4v) is 1.91. The van der Waals surface area contributed by atoms with Crippen molar-refractivity contribution in [2.24, 2.45) is 0 Å². The summed E-state index contributed by atoms with van der Waals surface area (Å²) in [4.78, 5) is 1.13. The fraction of sp³-hybridized carbons (Fsp3) is 0.400. The zero-order chi connectivity index (χ0) is 12.0. The minimum absolute atomic E-state index is 0.00614. The number of halogens is 3. The van der Waals surface area contributed by atoms with Gasteiger partial charge in [0.2, 0.25) is 0 Å². The van der Waals surface area contributed by atoms with Crippen LogP contribution in [0.5, 0.6) is 0 Å². The van der Waals surface area contributed by atoms with Gasteiger partial charge in [0.15, 0.2) is 0 Å². The maximum atomic E-state index is 11.8. The van der Waals surface area contributed by atoms with E-state index in [0.717, 1.165) is 10.6 Å². The molecule has 0 saturated heterocycles. The predicted octanol–water partition coefficient (Wildman–Crippen LogP) is 4.07. The number of rotatable bonds is 5. The summed E-state index contributed by atoms with van der Waals surface area (Å²) in [6.45, 7) is 0.308. The van der Waals surface area contributed by atoms with Gasteiger partial charge in [0.1, 0.15) is 0 Å². The van der Waals surface area contributed by atoms with Crippen molar-refractivity contribution in [2.75, 3.05) is 23.9 Å². The smallest absolute Gasteiger partial charge is 0.384 e. The van der Waals surface area contributed by atoms with Crippen LogP contribution in [0.4, 0.5) is 18.9 Å². The van der Waals surface area contributed by atoms with E-state index in [0.29, 0.717) is 6.54 Å². The third kappa shape index (κ3) is 5.55. The van der Waals surface area contributed by atoms with Crippen molar-refractivity contribution < 1.29 is 13.2 Å². The molecule has 0 bridgehead atoms. The van der Waals surface area contributed by atoms with Crippen LogP contribution in [-0.4, -0.2) is 24.1 Å². The van der Waals surface area contributed by atoms with Crippen molar-refractivity contribution in [3.63, 3.8) is 0 Å². The van der Waals surface area contributed by atoms with Gasteiger partial charge in [-0.05, 0) is 42.3 Å². The van der Waals surface area contributed by atoms with E-state index in [1.807, 2.05) is 30.5 Å². The quantitative estimate of drug-likeness (QED) is 0.638. The summed E-state index contributed by atoms with van der Waals surface area (Å²) >= 11 is 1.62. The molecule has 1 aromatic rings. The Morgan fingerprint density at radius 1 is 1.19 bits per heavy atom. The Morgan fingerprint density at radius 2 is 1.81 bits per heavy atom. The first kappa shape index (κ1) is 13.6. The number of hydrogen-bond donors (Lipinski definition) is 1. The highest BCUT2D eigenvalue weighted by Crippen LogP contribution is 2.29. The highest BCUT2D eigenvalue weighted by atomic mass is 32.2. The summed E-state index contributed by atoms with van der Waals surface area (Å²) in [5, 5.41) is 2.94. The lowest BCUT2D eigenvalue weighted by molar-refractivity contribution is -0.0327. The van der Waals surface area contributed by atoms with Gasteiger partial charge >= 0.3 is 5.51 Å². The van der Waals surface area contributed by atoms with Crippen LogP contribution in [0.25, 0.3) is 0 Å². The average molecular weight is 267 g/mol. The second kappa shape index (κ2) is 6.30. The minimum atomic E-state index is -4.13. The molecule has 0 aliphatic rings. The molecule has 0 aromatic heterocycles. The maximum absolute atomic E-state index is 11.8. The first-order valence-electron chi connectivity index (χ1n) is 4.60. The summed E-state index contributed by atoms with van der Waals surface area (Å²) in [5.41, 5.74) is -3.29. The first-order valence-corrected chi connectivity index (χ1v) is 6.81. The van der Waals surface area contributed by atoms with E-state index in [-0.39, 0.29) is 17.5 Å². The lowest BCUT2D eigenvalue weighted by Gasteiger charge is -2.08. The zero-order valence-electron chi connectivity index (χ0n) is 8.67. The van der Waals surface area contributed by atoms with E-state index in [9.17, 15) is 13.2 Å². The molecular weight excluding hydrogens is 255 g/mol. The third-order valence-electron chi connectivity index (χ3n) is 1.79. The summed E-state index contributed by atoms with van der Waals surface area (Å²) in [5.74, 6) is 0.0216. The molecule has 0 unspecified atom stereocenters. The van der Waals surface area contributed by atoms with Crippen molar-refractivity contribution in [1.29, 1.82) is 0 Å². The van der Waals surface area contributed by atoms with Gasteiger partial charge in [0.25, 0.3) is 0 Å². The highest BCUT2D eigenvalue weighted by molar-refractivity contribution is 8.00. The number of benzene rings is 1. The SMILES string of the molecule is CSc1ccc(NCCSC(F)(F)F)cc1. The molecule has 0 aliphatic carbocycles. The van der Waals surface area contributed by atoms with Gasteiger partial charge < -0.3 is 5.32 Å². The van der Waals surface area contributed by atoms with Gasteiger partial charge in [0, 0.05) is 22.9 Å². The Kier molecular flexibility index (Phi) is 5.34. The normalized spacial score (nSPS) is 11.5. The second-order valence-corrected chi connectivity index (χ2v) is 4.99. The summed E-state index contributed by atoms with van der Waals surface area (Å²) in [6.07, 6.45) is 1.97. The largest absolute Gasteiger partial charge is 0.441 e. The molecule has 1 aromatic carbocycles. The molecule has 0 saturated carbocycles. The molecule has 0 amide bonds. The summed E-state index contributed by atoms with van der Waals surface area (Å²) in [6, 6.07) is 7.60. The molecule has 1 nitrogen and oxygen atoms in total. The van der Waals surface area contributed by atoms with Crippen molar-refractivity contribution in [3.05, 3.63) is 24.3 Å². The van der Waals surface area contributed by atoms with Gasteiger partial charge in [-0.2, -0.15) is 13.2 Å². The molecule has 0 heterocycles. The Bertz CT molecular complexity index is 311. The van der Waals surface area contributed by atoms with Gasteiger partial charge in [-0.25, -0.2) is 0 Å². The number of anilines is 1. The molecule has 0 spiro atoms. The number of nitrogens with one attached hydrogen (secondary N) is 1. The topological polar surface area (TPSA) is 12.0 Å². The van der Waals surface area contributed by atoms with E-state index < -0.39 is 5.51 Å². The van der Waals surface area contributed by atoms with Crippen LogP contribution in [0, 0.1) is 0 Å². The Balaban J connectivity index is 2.27. The van der Waals surface area contributed by atoms with Crippen LogP contribution >= 0.6 is 23.5 Å². The average Bonchev–Trinajstić information content (AvgIpc) is 2.24. The molecule has 0 radical (unpaired) electrons. The molecule has 0 aliphatic heterocycles. The van der Waals surface area contributed by atoms with Crippen LogP contribution in [0.15, 0.2) is 29.2 Å². The summed E-state index contributed by atoms with van der Waals surface area (Å²) in [7, 11) is 0. The van der Waals surface area contributed by atoms with Gasteiger partial charge in [0.05, 0.1) is 0 Å². The molecule has 1 N–H and O–H groups in total. The van der Waals surface area contributed by atoms with E-state index in [4.69, 9.17) is 0 Å². The lowest BCUT2D eigenvalue weighted by atomic mass is 10.3. The monoisotopic (exact) mass is 267 g/mol. The Labute approximate surface area is 101 Å². The van der Waals surface area contributed by atoms with Crippen LogP contribution in [0.1, 0.15) is 0 Å². The molecule has 16 heavy (non-hydrogen) atoms. The maximum Gasteiger partial charge on any atom is 0.441 e. The Hall–Kier alpha value is -0.490. The highest BCUT2D eigenvalue weighted by Gasteiger charge is 2.27. The van der Waals surface area contributed by atoms with Gasteiger partial charge in [-0.15, -0.1) is 11.8 Å². The van der Waals surface area contributed by atoms with Crippen molar-refractivity contribution >= 4 is 29.2 Å². The predicted molar refractivity (Wildman–Crippen MR) is 65.2 cm³/mol. The van der Waals surface area contributed by atoms with Crippen molar-refractivity contribution in [2.45, 2.75) is 10.4 Å². The van der Waals surface area contributed by atoms with Crippen LogP contribution in [-0.2, 0) is 0 Å². The van der Waals surface area contributed by atoms with Gasteiger partial charge in [-0.3, -0.25) is 0 Å². The number of thioether (sulfide) groups is 2. The molecule has 1 rings (SSSR count). The first-order chi connectivity index (χ1) is 7.51. The standard InChI is InChI=1S/C10H12F3NS2/c1-15-9-4-2-8(3-5-9)14-6-7-16-10(11,12)13/h2-5,14H,6-7H2,1H3. The fourth-order valence-electron chi connectivity index (χ4n) is 1.07. The van der Waals surface area contributed by atoms with Crippen molar-refractivity contribution in [1.82, 2.24) is 0 Å². The Morgan fingerprint density at radius 3 is 2.31 bits per heavy atom. The number of hydrogen-bond acceptors (Lipinski definition) is 3. The van der Waals surface area contributed by atoms with Crippen molar-refractivity contribution in [3.8, 4) is 0 Å². The zero-order valence-corrected chi connectivity index (χ0v) is 10.3. The van der Waals surface area contributed by atoms with Crippen LogP contribution in [0.2, 0.25) is 0 Å². The number of alkyl halides is 3. The third-order valence-corrected chi connectivity index (χ3v) is 3.27. The minimum Gasteiger partial charge on any atom is -0.384 e. The second-order valence-electron chi connectivity index (χ2n) is 2.95. The summed E-state index contributed by atoms with van der Waals surface area (Å²) < 4.78 is 35.4. The lowest BCUT2D eigenvalue weighted by Crippen LogP contribution is -2.09. The molecule has 0 atom stereocenters.